The van der Waals surface area contributed by atoms with E-state index in [4.69, 9.17) is 10.5 Å². The number of hydrogen-bond donors (Lipinski definition) is 1. The number of halogens is 2. The van der Waals surface area contributed by atoms with Crippen LogP contribution < -0.4 is 5.73 Å². The Morgan fingerprint density at radius 1 is 0.962 bits per heavy atom. The quantitative estimate of drug-likeness (QED) is 0.751. The highest BCUT2D eigenvalue weighted by molar-refractivity contribution is 5.95. The third kappa shape index (κ3) is 5.74. The van der Waals surface area contributed by atoms with Crippen LogP contribution in [0.2, 0.25) is 0 Å². The first-order valence-electron chi connectivity index (χ1n) is 8.36. The Hall–Kier alpha value is -1.54. The summed E-state index contributed by atoms with van der Waals surface area (Å²) in [7, 11) is 0. The van der Waals surface area contributed by atoms with Crippen LogP contribution in [-0.4, -0.2) is 85.5 Å². The number of nitrogens with two attached hydrogens (primary N) is 1. The van der Waals surface area contributed by atoms with Crippen molar-refractivity contribution in [3.63, 3.8) is 0 Å². The van der Waals surface area contributed by atoms with Crippen LogP contribution in [0.15, 0.2) is 24.3 Å². The summed E-state index contributed by atoms with van der Waals surface area (Å²) < 4.78 is 5.30. The molecule has 0 bridgehead atoms. The average Bonchev–Trinajstić information content (AvgIpc) is 2.62. The summed E-state index contributed by atoms with van der Waals surface area (Å²) in [6.45, 7) is 5.71. The van der Waals surface area contributed by atoms with Gasteiger partial charge in [0.2, 0.25) is 5.91 Å². The lowest BCUT2D eigenvalue weighted by molar-refractivity contribution is -0.134. The van der Waals surface area contributed by atoms with Crippen LogP contribution in [0.3, 0.4) is 0 Å². The molecular weight excluding hydrogens is 379 g/mol. The zero-order valence-electron chi connectivity index (χ0n) is 14.6. The summed E-state index contributed by atoms with van der Waals surface area (Å²) >= 11 is 0. The Kier molecular flexibility index (Phi) is 9.15. The number of carbonyl (C=O) groups excluding carboxylic acids is 2. The highest BCUT2D eigenvalue weighted by Gasteiger charge is 2.26. The van der Waals surface area contributed by atoms with E-state index in [9.17, 15) is 9.59 Å². The summed E-state index contributed by atoms with van der Waals surface area (Å²) in [5.41, 5.74) is 6.92. The highest BCUT2D eigenvalue weighted by Crippen LogP contribution is 2.12. The zero-order chi connectivity index (χ0) is 16.9. The monoisotopic (exact) mass is 404 g/mol. The minimum atomic E-state index is -0.0254. The molecule has 0 radical (unpaired) electrons. The van der Waals surface area contributed by atoms with E-state index in [0.717, 1.165) is 13.1 Å². The molecule has 0 aromatic heterocycles. The first kappa shape index (κ1) is 22.5. The molecule has 0 aliphatic carbocycles. The van der Waals surface area contributed by atoms with Crippen LogP contribution in [0.1, 0.15) is 10.4 Å². The molecule has 3 rings (SSSR count). The van der Waals surface area contributed by atoms with Crippen molar-refractivity contribution in [3.05, 3.63) is 29.8 Å². The molecule has 2 aliphatic rings. The largest absolute Gasteiger partial charge is 0.399 e. The van der Waals surface area contributed by atoms with Gasteiger partial charge in [-0.25, -0.2) is 0 Å². The number of benzene rings is 1. The molecular formula is C17H26Cl2N4O3. The maximum Gasteiger partial charge on any atom is 0.254 e. The van der Waals surface area contributed by atoms with Gasteiger partial charge < -0.3 is 20.3 Å². The number of piperazine rings is 1. The molecule has 9 heteroatoms. The van der Waals surface area contributed by atoms with Gasteiger partial charge in [-0.2, -0.15) is 0 Å². The number of carbonyl (C=O) groups is 2. The van der Waals surface area contributed by atoms with Crippen molar-refractivity contribution in [2.75, 3.05) is 64.8 Å². The fourth-order valence-corrected chi connectivity index (χ4v) is 3.06. The van der Waals surface area contributed by atoms with E-state index in [-0.39, 0.29) is 36.6 Å². The van der Waals surface area contributed by atoms with Gasteiger partial charge in [0.05, 0.1) is 19.8 Å². The van der Waals surface area contributed by atoms with E-state index in [2.05, 4.69) is 4.90 Å². The second-order valence-corrected chi connectivity index (χ2v) is 6.19. The molecule has 2 N–H and O–H groups in total. The predicted molar refractivity (Wildman–Crippen MR) is 105 cm³/mol. The van der Waals surface area contributed by atoms with Crippen molar-refractivity contribution in [1.82, 2.24) is 14.7 Å². The average molecular weight is 405 g/mol. The second-order valence-electron chi connectivity index (χ2n) is 6.19. The molecule has 2 aliphatic heterocycles. The molecule has 7 nitrogen and oxygen atoms in total. The Morgan fingerprint density at radius 2 is 1.58 bits per heavy atom. The van der Waals surface area contributed by atoms with E-state index in [0.29, 0.717) is 57.2 Å². The van der Waals surface area contributed by atoms with E-state index in [1.165, 1.54) is 0 Å². The van der Waals surface area contributed by atoms with E-state index in [1.54, 1.807) is 29.2 Å². The topological polar surface area (TPSA) is 79.1 Å². The first-order chi connectivity index (χ1) is 11.6. The number of rotatable bonds is 3. The fraction of sp³-hybridized carbons (Fsp3) is 0.529. The molecule has 1 aromatic rings. The van der Waals surface area contributed by atoms with E-state index >= 15 is 0 Å². The van der Waals surface area contributed by atoms with Gasteiger partial charge in [0, 0.05) is 50.5 Å². The van der Waals surface area contributed by atoms with Crippen LogP contribution in [0.25, 0.3) is 0 Å². The number of amides is 2. The van der Waals surface area contributed by atoms with Gasteiger partial charge in [0.25, 0.3) is 5.91 Å². The molecule has 0 unspecified atom stereocenters. The molecule has 0 saturated carbocycles. The summed E-state index contributed by atoms with van der Waals surface area (Å²) in [4.78, 5) is 30.6. The highest BCUT2D eigenvalue weighted by atomic mass is 35.5. The predicted octanol–water partition coefficient (Wildman–Crippen LogP) is 0.729. The van der Waals surface area contributed by atoms with Gasteiger partial charge in [0.1, 0.15) is 0 Å². The molecule has 0 spiro atoms. The maximum absolute atomic E-state index is 12.5. The lowest BCUT2D eigenvalue weighted by Crippen LogP contribution is -2.53. The number of hydrogen-bond acceptors (Lipinski definition) is 5. The van der Waals surface area contributed by atoms with Crippen LogP contribution in [0, 0.1) is 0 Å². The molecule has 2 heterocycles. The fourth-order valence-electron chi connectivity index (χ4n) is 3.06. The Bertz CT molecular complexity index is 603. The van der Waals surface area contributed by atoms with Gasteiger partial charge in [-0.3, -0.25) is 14.5 Å². The van der Waals surface area contributed by atoms with Crippen molar-refractivity contribution < 1.29 is 14.3 Å². The Morgan fingerprint density at radius 3 is 2.19 bits per heavy atom. The summed E-state index contributed by atoms with van der Waals surface area (Å²) in [6.07, 6.45) is 0. The van der Waals surface area contributed by atoms with E-state index < -0.39 is 0 Å². The second kappa shape index (κ2) is 10.6. The van der Waals surface area contributed by atoms with Crippen LogP contribution >= 0.6 is 24.8 Å². The number of ether oxygens (including phenoxy) is 1. The van der Waals surface area contributed by atoms with E-state index in [1.807, 2.05) is 4.90 Å². The van der Waals surface area contributed by atoms with Crippen molar-refractivity contribution in [3.8, 4) is 0 Å². The third-order valence-electron chi connectivity index (χ3n) is 4.52. The van der Waals surface area contributed by atoms with Crippen molar-refractivity contribution >= 4 is 42.3 Å². The van der Waals surface area contributed by atoms with Gasteiger partial charge in [-0.1, -0.05) is 6.07 Å². The first-order valence-corrected chi connectivity index (χ1v) is 8.36. The molecule has 1 aromatic carbocycles. The molecule has 2 amide bonds. The SMILES string of the molecule is Cl.Cl.Nc1cccc(C(=O)N2CCN(C(=O)CN3CCOCC3)CC2)c1. The van der Waals surface area contributed by atoms with Gasteiger partial charge >= 0.3 is 0 Å². The third-order valence-corrected chi connectivity index (χ3v) is 4.52. The number of anilines is 1. The van der Waals surface area contributed by atoms with Crippen LogP contribution in [0.4, 0.5) is 5.69 Å². The molecule has 26 heavy (non-hydrogen) atoms. The molecule has 0 atom stereocenters. The summed E-state index contributed by atoms with van der Waals surface area (Å²) in [5, 5.41) is 0. The lowest BCUT2D eigenvalue weighted by Gasteiger charge is -2.36. The number of morpholine rings is 1. The summed E-state index contributed by atoms with van der Waals surface area (Å²) in [6, 6.07) is 7.01. The molecule has 2 fully saturated rings. The molecule has 2 saturated heterocycles. The van der Waals surface area contributed by atoms with Crippen LogP contribution in [-0.2, 0) is 9.53 Å². The number of nitrogen functional groups attached to an aromatic ring is 1. The lowest BCUT2D eigenvalue weighted by atomic mass is 10.1. The van der Waals surface area contributed by atoms with Gasteiger partial charge in [0.15, 0.2) is 0 Å². The smallest absolute Gasteiger partial charge is 0.254 e. The van der Waals surface area contributed by atoms with Crippen molar-refractivity contribution in [2.45, 2.75) is 0 Å². The van der Waals surface area contributed by atoms with Gasteiger partial charge in [-0.15, -0.1) is 24.8 Å². The Labute approximate surface area is 166 Å². The Balaban J connectivity index is 0.00000169. The van der Waals surface area contributed by atoms with Gasteiger partial charge in [-0.05, 0) is 18.2 Å². The van der Waals surface area contributed by atoms with Crippen molar-refractivity contribution in [2.24, 2.45) is 0 Å². The maximum atomic E-state index is 12.5. The normalized spacial score (nSPS) is 17.8. The minimum Gasteiger partial charge on any atom is -0.399 e. The van der Waals surface area contributed by atoms with Crippen LogP contribution in [0.5, 0.6) is 0 Å². The molecule has 146 valence electrons. The summed E-state index contributed by atoms with van der Waals surface area (Å²) in [5.74, 6) is 0.107. The number of nitrogens with zero attached hydrogens (tertiary/aromatic N) is 3. The minimum absolute atomic E-state index is 0. The zero-order valence-corrected chi connectivity index (χ0v) is 16.3. The van der Waals surface area contributed by atoms with Crippen molar-refractivity contribution in [1.29, 1.82) is 0 Å². The standard InChI is InChI=1S/C17H24N4O3.2ClH/c18-15-3-1-2-14(12-15)17(23)21-6-4-20(5-7-21)16(22)13-19-8-10-24-11-9-19;;/h1-3,12H,4-11,13,18H2;2*1H.